The lowest BCUT2D eigenvalue weighted by Gasteiger charge is -2.09. The second kappa shape index (κ2) is 5.39. The summed E-state index contributed by atoms with van der Waals surface area (Å²) in [5.74, 6) is 0.612. The summed E-state index contributed by atoms with van der Waals surface area (Å²) in [6.07, 6.45) is 3.48. The molecule has 0 N–H and O–H groups in total. The summed E-state index contributed by atoms with van der Waals surface area (Å²) in [6.45, 7) is 1.93. The predicted molar refractivity (Wildman–Crippen MR) is 80.4 cm³/mol. The molecular formula is C16H12ClN3. The fraction of sp³-hybridized carbons (Fsp3) is 0.0625. The van der Waals surface area contributed by atoms with Crippen LogP contribution in [0, 0.1) is 6.92 Å². The highest BCUT2D eigenvalue weighted by molar-refractivity contribution is 6.33. The van der Waals surface area contributed by atoms with E-state index in [0.717, 1.165) is 22.5 Å². The molecule has 0 atom stereocenters. The van der Waals surface area contributed by atoms with Gasteiger partial charge < -0.3 is 0 Å². The van der Waals surface area contributed by atoms with Gasteiger partial charge in [-0.1, -0.05) is 35.9 Å². The van der Waals surface area contributed by atoms with E-state index >= 15 is 0 Å². The van der Waals surface area contributed by atoms with Crippen molar-refractivity contribution < 1.29 is 0 Å². The van der Waals surface area contributed by atoms with Gasteiger partial charge >= 0.3 is 0 Å². The van der Waals surface area contributed by atoms with Crippen molar-refractivity contribution in [3.63, 3.8) is 0 Å². The van der Waals surface area contributed by atoms with Gasteiger partial charge in [0.1, 0.15) is 5.69 Å². The van der Waals surface area contributed by atoms with Crippen LogP contribution in [0.1, 0.15) is 5.69 Å². The van der Waals surface area contributed by atoms with Crippen molar-refractivity contribution in [2.75, 3.05) is 0 Å². The minimum atomic E-state index is 0.612. The Bertz CT molecular complexity index is 756. The molecule has 1 aromatic carbocycles. The van der Waals surface area contributed by atoms with E-state index in [1.165, 1.54) is 0 Å². The van der Waals surface area contributed by atoms with Crippen LogP contribution in [0.2, 0.25) is 5.02 Å². The number of nitrogens with zero attached hydrogens (tertiary/aromatic N) is 3. The van der Waals surface area contributed by atoms with Crippen molar-refractivity contribution in [2.24, 2.45) is 0 Å². The summed E-state index contributed by atoms with van der Waals surface area (Å²) < 4.78 is 0. The maximum atomic E-state index is 6.28. The number of aryl methyl sites for hydroxylation is 1. The predicted octanol–water partition coefficient (Wildman–Crippen LogP) is 4.17. The molecule has 0 aliphatic heterocycles. The second-order valence-corrected chi connectivity index (χ2v) is 4.81. The van der Waals surface area contributed by atoms with Gasteiger partial charge in [-0.3, -0.25) is 4.98 Å². The fourth-order valence-electron chi connectivity index (χ4n) is 2.04. The lowest BCUT2D eigenvalue weighted by Crippen LogP contribution is -1.96. The van der Waals surface area contributed by atoms with Gasteiger partial charge in [-0.2, -0.15) is 0 Å². The van der Waals surface area contributed by atoms with Crippen molar-refractivity contribution in [2.45, 2.75) is 6.92 Å². The monoisotopic (exact) mass is 281 g/mol. The molecule has 0 radical (unpaired) electrons. The molecule has 3 aromatic rings. The summed E-state index contributed by atoms with van der Waals surface area (Å²) in [5.41, 5.74) is 3.51. The first-order valence-electron chi connectivity index (χ1n) is 6.25. The van der Waals surface area contributed by atoms with Gasteiger partial charge in [-0.05, 0) is 25.1 Å². The van der Waals surface area contributed by atoms with Crippen molar-refractivity contribution in [1.82, 2.24) is 15.0 Å². The molecule has 4 heteroatoms. The van der Waals surface area contributed by atoms with Crippen LogP contribution in [0.5, 0.6) is 0 Å². The quantitative estimate of drug-likeness (QED) is 0.708. The second-order valence-electron chi connectivity index (χ2n) is 4.40. The molecule has 0 fully saturated rings. The molecule has 2 heterocycles. The van der Waals surface area contributed by atoms with E-state index in [-0.39, 0.29) is 0 Å². The first-order valence-corrected chi connectivity index (χ1v) is 6.63. The van der Waals surface area contributed by atoms with Crippen LogP contribution in [0.15, 0.2) is 54.9 Å². The Morgan fingerprint density at radius 2 is 1.65 bits per heavy atom. The van der Waals surface area contributed by atoms with Gasteiger partial charge in [0.2, 0.25) is 0 Å². The molecule has 0 saturated carbocycles. The Hall–Kier alpha value is -2.26. The molecule has 0 bridgehead atoms. The zero-order valence-corrected chi connectivity index (χ0v) is 11.7. The summed E-state index contributed by atoms with van der Waals surface area (Å²) in [6, 6.07) is 13.4. The van der Waals surface area contributed by atoms with Gasteiger partial charge in [0.05, 0.1) is 0 Å². The number of aromatic nitrogens is 3. The third kappa shape index (κ3) is 2.40. The molecule has 0 amide bonds. The van der Waals surface area contributed by atoms with Crippen LogP contribution in [-0.4, -0.2) is 15.0 Å². The van der Waals surface area contributed by atoms with E-state index in [4.69, 9.17) is 11.6 Å². The maximum absolute atomic E-state index is 6.28. The van der Waals surface area contributed by atoms with Gasteiger partial charge in [-0.15, -0.1) is 0 Å². The third-order valence-corrected chi connectivity index (χ3v) is 3.31. The molecule has 0 spiro atoms. The van der Waals surface area contributed by atoms with E-state index in [2.05, 4.69) is 15.0 Å². The van der Waals surface area contributed by atoms with E-state index in [0.29, 0.717) is 10.8 Å². The van der Waals surface area contributed by atoms with E-state index in [1.54, 1.807) is 12.4 Å². The number of hydrogen-bond acceptors (Lipinski definition) is 3. The molecule has 98 valence electrons. The zero-order valence-electron chi connectivity index (χ0n) is 10.9. The Morgan fingerprint density at radius 1 is 0.850 bits per heavy atom. The average molecular weight is 282 g/mol. The third-order valence-electron chi connectivity index (χ3n) is 2.98. The number of benzene rings is 1. The van der Waals surface area contributed by atoms with Crippen LogP contribution in [0.3, 0.4) is 0 Å². The molecule has 20 heavy (non-hydrogen) atoms. The minimum absolute atomic E-state index is 0.612. The molecule has 3 rings (SSSR count). The summed E-state index contributed by atoms with van der Waals surface area (Å²) >= 11 is 6.28. The number of pyridine rings is 1. The van der Waals surface area contributed by atoms with Crippen LogP contribution in [0.25, 0.3) is 22.6 Å². The average Bonchev–Trinajstić information content (AvgIpc) is 2.48. The van der Waals surface area contributed by atoms with Gasteiger partial charge in [0.25, 0.3) is 0 Å². The van der Waals surface area contributed by atoms with Gasteiger partial charge in [0, 0.05) is 34.2 Å². The Labute approximate surface area is 122 Å². The lowest BCUT2D eigenvalue weighted by atomic mass is 10.0. The molecule has 3 nitrogen and oxygen atoms in total. The van der Waals surface area contributed by atoms with Crippen LogP contribution in [0.4, 0.5) is 0 Å². The number of hydrogen-bond donors (Lipinski definition) is 0. The van der Waals surface area contributed by atoms with Crippen LogP contribution >= 0.6 is 11.6 Å². The molecule has 0 unspecified atom stereocenters. The van der Waals surface area contributed by atoms with Crippen molar-refractivity contribution >= 4 is 11.6 Å². The highest BCUT2D eigenvalue weighted by atomic mass is 35.5. The molecule has 0 aliphatic carbocycles. The lowest BCUT2D eigenvalue weighted by molar-refractivity contribution is 1.09. The first kappa shape index (κ1) is 12.8. The first-order chi connectivity index (χ1) is 9.75. The summed E-state index contributed by atoms with van der Waals surface area (Å²) in [7, 11) is 0. The summed E-state index contributed by atoms with van der Waals surface area (Å²) in [5, 5.41) is 0.689. The van der Waals surface area contributed by atoms with E-state index < -0.39 is 0 Å². The van der Waals surface area contributed by atoms with Crippen LogP contribution in [-0.2, 0) is 0 Å². The maximum Gasteiger partial charge on any atom is 0.178 e. The SMILES string of the molecule is Cc1ccnc(-c2ncccc2-c2ccccc2Cl)n1. The molecule has 0 aliphatic rings. The summed E-state index contributed by atoms with van der Waals surface area (Å²) in [4.78, 5) is 13.2. The van der Waals surface area contributed by atoms with Gasteiger partial charge in [-0.25, -0.2) is 9.97 Å². The zero-order chi connectivity index (χ0) is 13.9. The van der Waals surface area contributed by atoms with Crippen molar-refractivity contribution in [3.8, 4) is 22.6 Å². The number of halogens is 1. The van der Waals surface area contributed by atoms with E-state index in [1.807, 2.05) is 49.4 Å². The normalized spacial score (nSPS) is 10.5. The Balaban J connectivity index is 2.22. The minimum Gasteiger partial charge on any atom is -0.252 e. The van der Waals surface area contributed by atoms with Crippen molar-refractivity contribution in [3.05, 3.63) is 65.6 Å². The smallest absolute Gasteiger partial charge is 0.178 e. The highest BCUT2D eigenvalue weighted by Crippen LogP contribution is 2.32. The fourth-order valence-corrected chi connectivity index (χ4v) is 2.28. The Kier molecular flexibility index (Phi) is 3.44. The topological polar surface area (TPSA) is 38.7 Å². The van der Waals surface area contributed by atoms with Crippen LogP contribution < -0.4 is 0 Å². The molecule has 0 saturated heterocycles. The molecule has 2 aromatic heterocycles. The largest absolute Gasteiger partial charge is 0.252 e. The highest BCUT2D eigenvalue weighted by Gasteiger charge is 2.12. The van der Waals surface area contributed by atoms with Gasteiger partial charge in [0.15, 0.2) is 5.82 Å². The van der Waals surface area contributed by atoms with E-state index in [9.17, 15) is 0 Å². The molecular weight excluding hydrogens is 270 g/mol. The standard InChI is InChI=1S/C16H12ClN3/c1-11-8-10-19-16(20-11)15-13(6-4-9-18-15)12-5-2-3-7-14(12)17/h2-10H,1H3. The number of rotatable bonds is 2. The Morgan fingerprint density at radius 3 is 2.45 bits per heavy atom. The van der Waals surface area contributed by atoms with Crippen molar-refractivity contribution in [1.29, 1.82) is 0 Å².